The first-order valence-electron chi connectivity index (χ1n) is 6.28. The molecule has 2 amide bonds. The molecule has 9 nitrogen and oxygen atoms in total. The summed E-state index contributed by atoms with van der Waals surface area (Å²) in [5.41, 5.74) is 10.9. The van der Waals surface area contributed by atoms with E-state index in [0.717, 1.165) is 6.42 Å². The van der Waals surface area contributed by atoms with Gasteiger partial charge < -0.3 is 32.3 Å². The summed E-state index contributed by atoms with van der Waals surface area (Å²) >= 11 is 0. The molecular weight excluding hydrogens is 268 g/mol. The molecular formula is C11H22N4O5. The maximum absolute atomic E-state index is 11.7. The first kappa shape index (κ1) is 18.3. The molecule has 0 heterocycles. The van der Waals surface area contributed by atoms with Crippen LogP contribution in [0.25, 0.3) is 0 Å². The van der Waals surface area contributed by atoms with Crippen molar-refractivity contribution in [3.63, 3.8) is 0 Å². The number of rotatable bonds is 10. The molecule has 0 saturated carbocycles. The highest BCUT2D eigenvalue weighted by molar-refractivity contribution is 5.91. The normalized spacial score (nSPS) is 13.3. The van der Waals surface area contributed by atoms with Crippen LogP contribution in [0.3, 0.4) is 0 Å². The largest absolute Gasteiger partial charge is 0.480 e. The Morgan fingerprint density at radius 1 is 1.15 bits per heavy atom. The molecule has 20 heavy (non-hydrogen) atoms. The van der Waals surface area contributed by atoms with Crippen molar-refractivity contribution in [1.82, 2.24) is 10.6 Å². The average Bonchev–Trinajstić information content (AvgIpc) is 2.41. The monoisotopic (exact) mass is 290 g/mol. The van der Waals surface area contributed by atoms with Crippen molar-refractivity contribution >= 4 is 17.8 Å². The number of carboxylic acids is 1. The van der Waals surface area contributed by atoms with Crippen molar-refractivity contribution in [1.29, 1.82) is 0 Å². The van der Waals surface area contributed by atoms with E-state index in [0.29, 0.717) is 19.4 Å². The fourth-order valence-electron chi connectivity index (χ4n) is 1.40. The fraction of sp³-hybridized carbons (Fsp3) is 0.727. The number of nitrogens with two attached hydrogens (primary N) is 2. The Labute approximate surface area is 116 Å². The van der Waals surface area contributed by atoms with Crippen LogP contribution >= 0.6 is 0 Å². The summed E-state index contributed by atoms with van der Waals surface area (Å²) in [5.74, 6) is -2.58. The first-order chi connectivity index (χ1) is 9.42. The zero-order valence-electron chi connectivity index (χ0n) is 11.2. The molecule has 0 aromatic carbocycles. The van der Waals surface area contributed by atoms with Crippen LogP contribution in [-0.4, -0.2) is 59.8 Å². The molecule has 0 unspecified atom stereocenters. The van der Waals surface area contributed by atoms with Gasteiger partial charge in [0.15, 0.2) is 0 Å². The predicted molar refractivity (Wildman–Crippen MR) is 70.5 cm³/mol. The number of aliphatic hydroxyl groups is 1. The maximum atomic E-state index is 11.7. The number of carbonyl (C=O) groups is 3. The van der Waals surface area contributed by atoms with Crippen molar-refractivity contribution in [2.75, 3.05) is 19.7 Å². The molecule has 8 N–H and O–H groups in total. The predicted octanol–water partition coefficient (Wildman–Crippen LogP) is -2.88. The standard InChI is InChI=1S/C11H22N4O5/c12-4-2-1-3-7(13)10(19)15-8(6-16)11(20)14-5-9(17)18/h7-8,16H,1-6,12-13H2,(H,14,20)(H,15,19)(H,17,18)/t7-,8-/m0/s1. The second-order valence-corrected chi connectivity index (χ2v) is 4.25. The van der Waals surface area contributed by atoms with Gasteiger partial charge in [-0.1, -0.05) is 6.42 Å². The summed E-state index contributed by atoms with van der Waals surface area (Å²) in [5, 5.41) is 21.8. The van der Waals surface area contributed by atoms with Gasteiger partial charge in [-0.15, -0.1) is 0 Å². The van der Waals surface area contributed by atoms with Gasteiger partial charge in [-0.05, 0) is 19.4 Å². The second kappa shape index (κ2) is 10.1. The number of aliphatic hydroxyl groups excluding tert-OH is 1. The zero-order valence-corrected chi connectivity index (χ0v) is 11.2. The molecule has 0 saturated heterocycles. The Morgan fingerprint density at radius 2 is 1.80 bits per heavy atom. The lowest BCUT2D eigenvalue weighted by molar-refractivity contribution is -0.138. The van der Waals surface area contributed by atoms with Crippen molar-refractivity contribution < 1.29 is 24.6 Å². The Morgan fingerprint density at radius 3 is 2.30 bits per heavy atom. The fourth-order valence-corrected chi connectivity index (χ4v) is 1.40. The Kier molecular flexibility index (Phi) is 9.26. The highest BCUT2D eigenvalue weighted by atomic mass is 16.4. The smallest absolute Gasteiger partial charge is 0.322 e. The molecule has 0 aromatic rings. The summed E-state index contributed by atoms with van der Waals surface area (Å²) < 4.78 is 0. The highest BCUT2D eigenvalue weighted by Crippen LogP contribution is 1.98. The van der Waals surface area contributed by atoms with Gasteiger partial charge in [-0.25, -0.2) is 0 Å². The van der Waals surface area contributed by atoms with Crippen molar-refractivity contribution in [3.8, 4) is 0 Å². The Hall–Kier alpha value is -1.71. The molecule has 2 atom stereocenters. The molecule has 9 heteroatoms. The van der Waals surface area contributed by atoms with Crippen molar-refractivity contribution in [2.45, 2.75) is 31.3 Å². The Balaban J connectivity index is 4.22. The van der Waals surface area contributed by atoms with Gasteiger partial charge >= 0.3 is 5.97 Å². The lowest BCUT2D eigenvalue weighted by Crippen LogP contribution is -2.53. The van der Waals surface area contributed by atoms with Crippen LogP contribution < -0.4 is 22.1 Å². The van der Waals surface area contributed by atoms with Gasteiger partial charge in [0.05, 0.1) is 12.6 Å². The second-order valence-electron chi connectivity index (χ2n) is 4.25. The van der Waals surface area contributed by atoms with Crippen molar-refractivity contribution in [2.24, 2.45) is 11.5 Å². The highest BCUT2D eigenvalue weighted by Gasteiger charge is 2.23. The molecule has 0 fully saturated rings. The van der Waals surface area contributed by atoms with E-state index >= 15 is 0 Å². The molecule has 0 radical (unpaired) electrons. The lowest BCUT2D eigenvalue weighted by atomic mass is 10.1. The third kappa shape index (κ3) is 7.67. The van der Waals surface area contributed by atoms with Crippen LogP contribution in [0.5, 0.6) is 0 Å². The van der Waals surface area contributed by atoms with E-state index in [4.69, 9.17) is 21.7 Å². The zero-order chi connectivity index (χ0) is 15.5. The third-order valence-corrected chi connectivity index (χ3v) is 2.54. The molecule has 0 aromatic heterocycles. The van der Waals surface area contributed by atoms with E-state index in [1.165, 1.54) is 0 Å². The lowest BCUT2D eigenvalue weighted by Gasteiger charge is -2.18. The van der Waals surface area contributed by atoms with Crippen LogP contribution in [0.4, 0.5) is 0 Å². The number of carboxylic acid groups (broad SMARTS) is 1. The molecule has 0 aliphatic carbocycles. The quantitative estimate of drug-likeness (QED) is 0.235. The number of hydrogen-bond donors (Lipinski definition) is 6. The number of amides is 2. The summed E-state index contributed by atoms with van der Waals surface area (Å²) in [6.45, 7) is -0.730. The van der Waals surface area contributed by atoms with Crippen LogP contribution in [0.1, 0.15) is 19.3 Å². The van der Waals surface area contributed by atoms with E-state index in [1.54, 1.807) is 0 Å². The maximum Gasteiger partial charge on any atom is 0.322 e. The Bertz CT molecular complexity index is 337. The molecule has 0 aliphatic heterocycles. The minimum atomic E-state index is -1.22. The summed E-state index contributed by atoms with van der Waals surface area (Å²) in [6.07, 6.45) is 1.83. The van der Waals surface area contributed by atoms with Gasteiger partial charge in [0, 0.05) is 0 Å². The van der Waals surface area contributed by atoms with E-state index < -0.39 is 43.0 Å². The third-order valence-electron chi connectivity index (χ3n) is 2.54. The molecule has 0 spiro atoms. The van der Waals surface area contributed by atoms with Crippen molar-refractivity contribution in [3.05, 3.63) is 0 Å². The summed E-state index contributed by atoms with van der Waals surface area (Å²) in [4.78, 5) is 33.5. The van der Waals surface area contributed by atoms with Gasteiger partial charge in [0.1, 0.15) is 12.6 Å². The number of carbonyl (C=O) groups excluding carboxylic acids is 2. The number of hydrogen-bond acceptors (Lipinski definition) is 6. The molecule has 0 bridgehead atoms. The van der Waals surface area contributed by atoms with Gasteiger partial charge in [0.25, 0.3) is 0 Å². The molecule has 0 rings (SSSR count). The number of aliphatic carboxylic acids is 1. The van der Waals surface area contributed by atoms with Gasteiger partial charge in [0.2, 0.25) is 11.8 Å². The van der Waals surface area contributed by atoms with Gasteiger partial charge in [-0.2, -0.15) is 0 Å². The minimum Gasteiger partial charge on any atom is -0.480 e. The van der Waals surface area contributed by atoms with E-state index in [1.807, 2.05) is 0 Å². The minimum absolute atomic E-state index is 0.415. The summed E-state index contributed by atoms with van der Waals surface area (Å²) in [6, 6.07) is -2.02. The molecule has 116 valence electrons. The van der Waals surface area contributed by atoms with E-state index in [9.17, 15) is 14.4 Å². The van der Waals surface area contributed by atoms with E-state index in [-0.39, 0.29) is 0 Å². The molecule has 0 aliphatic rings. The first-order valence-corrected chi connectivity index (χ1v) is 6.28. The van der Waals surface area contributed by atoms with E-state index in [2.05, 4.69) is 10.6 Å². The van der Waals surface area contributed by atoms with Crippen LogP contribution in [-0.2, 0) is 14.4 Å². The van der Waals surface area contributed by atoms with Gasteiger partial charge in [-0.3, -0.25) is 14.4 Å². The number of nitrogens with one attached hydrogen (secondary N) is 2. The van der Waals surface area contributed by atoms with Crippen LogP contribution in [0, 0.1) is 0 Å². The average molecular weight is 290 g/mol. The van der Waals surface area contributed by atoms with Crippen LogP contribution in [0.2, 0.25) is 0 Å². The topological polar surface area (TPSA) is 168 Å². The van der Waals surface area contributed by atoms with Crippen LogP contribution in [0.15, 0.2) is 0 Å². The summed E-state index contributed by atoms with van der Waals surface area (Å²) in [7, 11) is 0. The number of unbranched alkanes of at least 4 members (excludes halogenated alkanes) is 1. The SMILES string of the molecule is NCCCC[C@H](N)C(=O)N[C@@H](CO)C(=O)NCC(=O)O.